The minimum absolute atomic E-state index is 0.184. The first-order valence-corrected chi connectivity index (χ1v) is 16.6. The van der Waals surface area contributed by atoms with E-state index in [1.54, 1.807) is 0 Å². The van der Waals surface area contributed by atoms with E-state index in [1.807, 2.05) is 0 Å². The van der Waals surface area contributed by atoms with Gasteiger partial charge in [-0.3, -0.25) is 0 Å². The molecule has 0 aliphatic heterocycles. The third-order valence-electron chi connectivity index (χ3n) is 9.63. The molecule has 8 rings (SSSR count). The predicted octanol–water partition coefficient (Wildman–Crippen LogP) is 12.5. The van der Waals surface area contributed by atoms with Gasteiger partial charge in [0, 0.05) is 27.8 Å². The van der Waals surface area contributed by atoms with Crippen molar-refractivity contribution in [2.75, 3.05) is 9.80 Å². The molecular weight excluding hydrogens is 569 g/mol. The Labute approximate surface area is 277 Å². The van der Waals surface area contributed by atoms with E-state index in [2.05, 4.69) is 194 Å². The summed E-state index contributed by atoms with van der Waals surface area (Å²) in [5.74, 6) is 0.351. The van der Waals surface area contributed by atoms with E-state index in [4.69, 9.17) is 0 Å². The standard InChI is InChI=1S/C45H38N2/c1-31-21-25-35(26-22-31)46(34-14-5-4-6-15-34)44-29-41-38-17-9-11-19-40(38)45(30-42(41)37-16-8-10-18-39(37)44)47(36-27-23-32(2)24-28-36)43-20-12-7-13-33(43)3/h4-30,33,43H,1-3H3. The molecule has 0 spiro atoms. The molecule has 7 aromatic rings. The first-order chi connectivity index (χ1) is 23.1. The molecule has 47 heavy (non-hydrogen) atoms. The molecule has 0 radical (unpaired) electrons. The number of anilines is 5. The largest absolute Gasteiger partial charge is 0.333 e. The van der Waals surface area contributed by atoms with Crippen LogP contribution in [0.15, 0.2) is 164 Å². The summed E-state index contributed by atoms with van der Waals surface area (Å²) in [6, 6.07) is 51.5. The number of fused-ring (bicyclic) bond motifs is 5. The number of hydrogen-bond donors (Lipinski definition) is 0. The fourth-order valence-electron chi connectivity index (χ4n) is 7.20. The zero-order chi connectivity index (χ0) is 31.9. The normalized spacial score (nSPS) is 15.8. The van der Waals surface area contributed by atoms with Crippen LogP contribution in [0.25, 0.3) is 32.3 Å². The van der Waals surface area contributed by atoms with E-state index in [1.165, 1.54) is 60.5 Å². The van der Waals surface area contributed by atoms with Crippen LogP contribution in [0.3, 0.4) is 0 Å². The van der Waals surface area contributed by atoms with E-state index in [0.29, 0.717) is 5.92 Å². The Kier molecular flexibility index (Phi) is 7.34. The highest BCUT2D eigenvalue weighted by Crippen LogP contribution is 2.47. The number of nitrogens with zero attached hydrogens (tertiary/aromatic N) is 2. The second kappa shape index (κ2) is 12.0. The van der Waals surface area contributed by atoms with Gasteiger partial charge >= 0.3 is 0 Å². The zero-order valence-corrected chi connectivity index (χ0v) is 27.1. The van der Waals surface area contributed by atoms with Crippen molar-refractivity contribution in [3.05, 3.63) is 175 Å². The van der Waals surface area contributed by atoms with Crippen molar-refractivity contribution >= 4 is 60.8 Å². The van der Waals surface area contributed by atoms with Crippen molar-refractivity contribution in [1.29, 1.82) is 0 Å². The van der Waals surface area contributed by atoms with Crippen molar-refractivity contribution in [3.8, 4) is 0 Å². The minimum Gasteiger partial charge on any atom is -0.333 e. The number of rotatable bonds is 6. The Balaban J connectivity index is 1.45. The fourth-order valence-corrected chi connectivity index (χ4v) is 7.20. The number of aryl methyl sites for hydroxylation is 2. The summed E-state index contributed by atoms with van der Waals surface area (Å²) in [6.07, 6.45) is 9.04. The van der Waals surface area contributed by atoms with E-state index >= 15 is 0 Å². The van der Waals surface area contributed by atoms with Crippen LogP contribution in [0.1, 0.15) is 18.1 Å². The van der Waals surface area contributed by atoms with Crippen LogP contribution in [0.4, 0.5) is 28.4 Å². The first-order valence-electron chi connectivity index (χ1n) is 16.6. The lowest BCUT2D eigenvalue weighted by atomic mass is 9.91. The molecule has 0 saturated heterocycles. The summed E-state index contributed by atoms with van der Waals surface area (Å²) in [7, 11) is 0. The van der Waals surface area contributed by atoms with Gasteiger partial charge in [0.2, 0.25) is 0 Å². The SMILES string of the molecule is Cc1ccc(N(c2ccccc2)c2cc3c4ccccc4c(N(c4ccc(C)cc4)C4C=CC=CC4C)cc3c3ccccc23)cc1. The number of hydrogen-bond acceptors (Lipinski definition) is 2. The van der Waals surface area contributed by atoms with E-state index < -0.39 is 0 Å². The summed E-state index contributed by atoms with van der Waals surface area (Å²) in [5.41, 5.74) is 8.39. The van der Waals surface area contributed by atoms with Crippen molar-refractivity contribution in [1.82, 2.24) is 0 Å². The van der Waals surface area contributed by atoms with Gasteiger partial charge < -0.3 is 9.80 Å². The fraction of sp³-hybridized carbons (Fsp3) is 0.111. The van der Waals surface area contributed by atoms with Crippen LogP contribution in [-0.2, 0) is 0 Å². The van der Waals surface area contributed by atoms with E-state index in [0.717, 1.165) is 11.4 Å². The van der Waals surface area contributed by atoms with Crippen LogP contribution in [0.2, 0.25) is 0 Å². The molecule has 2 atom stereocenters. The summed E-state index contributed by atoms with van der Waals surface area (Å²) < 4.78 is 0. The summed E-state index contributed by atoms with van der Waals surface area (Å²) in [6.45, 7) is 6.62. The molecule has 0 saturated carbocycles. The molecule has 2 nitrogen and oxygen atoms in total. The molecule has 0 fully saturated rings. The van der Waals surface area contributed by atoms with Gasteiger partial charge in [0.25, 0.3) is 0 Å². The molecule has 2 unspecified atom stereocenters. The zero-order valence-electron chi connectivity index (χ0n) is 27.1. The Morgan fingerprint density at radius 1 is 0.426 bits per heavy atom. The molecular formula is C45H38N2. The van der Waals surface area contributed by atoms with Gasteiger partial charge in [0.1, 0.15) is 0 Å². The Morgan fingerprint density at radius 3 is 1.49 bits per heavy atom. The molecule has 2 heteroatoms. The Hall–Kier alpha value is -5.60. The quantitative estimate of drug-likeness (QED) is 0.174. The topological polar surface area (TPSA) is 6.48 Å². The third-order valence-corrected chi connectivity index (χ3v) is 9.63. The highest BCUT2D eigenvalue weighted by atomic mass is 15.2. The molecule has 0 N–H and O–H groups in total. The van der Waals surface area contributed by atoms with Crippen molar-refractivity contribution in [3.63, 3.8) is 0 Å². The van der Waals surface area contributed by atoms with Crippen LogP contribution in [0, 0.1) is 19.8 Å². The van der Waals surface area contributed by atoms with Crippen LogP contribution < -0.4 is 9.80 Å². The monoisotopic (exact) mass is 606 g/mol. The summed E-state index contributed by atoms with van der Waals surface area (Å²) in [5, 5.41) is 7.48. The van der Waals surface area contributed by atoms with E-state index in [9.17, 15) is 0 Å². The average molecular weight is 607 g/mol. The van der Waals surface area contributed by atoms with Gasteiger partial charge in [0.05, 0.1) is 17.4 Å². The van der Waals surface area contributed by atoms with Gasteiger partial charge in [-0.25, -0.2) is 0 Å². The lowest BCUT2D eigenvalue weighted by Crippen LogP contribution is -2.35. The maximum Gasteiger partial charge on any atom is 0.0585 e. The Morgan fingerprint density at radius 2 is 0.894 bits per heavy atom. The van der Waals surface area contributed by atoms with Crippen molar-refractivity contribution in [2.24, 2.45) is 5.92 Å². The second-order valence-corrected chi connectivity index (χ2v) is 12.8. The summed E-state index contributed by atoms with van der Waals surface area (Å²) in [4.78, 5) is 4.96. The van der Waals surface area contributed by atoms with Gasteiger partial charge in [-0.15, -0.1) is 0 Å². The molecule has 1 aliphatic rings. The van der Waals surface area contributed by atoms with Crippen LogP contribution in [-0.4, -0.2) is 6.04 Å². The third kappa shape index (κ3) is 5.16. The first kappa shape index (κ1) is 28.8. The number of para-hydroxylation sites is 1. The van der Waals surface area contributed by atoms with Gasteiger partial charge in [-0.1, -0.05) is 133 Å². The lowest BCUT2D eigenvalue weighted by molar-refractivity contribution is 0.610. The predicted molar refractivity (Wildman–Crippen MR) is 203 cm³/mol. The molecule has 1 aliphatic carbocycles. The second-order valence-electron chi connectivity index (χ2n) is 12.8. The summed E-state index contributed by atoms with van der Waals surface area (Å²) >= 11 is 0. The molecule has 0 bridgehead atoms. The molecule has 228 valence electrons. The smallest absolute Gasteiger partial charge is 0.0585 e. The highest BCUT2D eigenvalue weighted by Gasteiger charge is 2.27. The molecule has 7 aromatic carbocycles. The Bertz CT molecular complexity index is 2280. The minimum atomic E-state index is 0.184. The number of benzene rings is 7. The van der Waals surface area contributed by atoms with Crippen LogP contribution in [0.5, 0.6) is 0 Å². The lowest BCUT2D eigenvalue weighted by Gasteiger charge is -2.37. The van der Waals surface area contributed by atoms with E-state index in [-0.39, 0.29) is 6.04 Å². The molecule has 0 aromatic heterocycles. The van der Waals surface area contributed by atoms with Gasteiger partial charge in [-0.2, -0.15) is 0 Å². The van der Waals surface area contributed by atoms with Gasteiger partial charge in [-0.05, 0) is 89.8 Å². The number of allylic oxidation sites excluding steroid dienone is 2. The van der Waals surface area contributed by atoms with Crippen LogP contribution >= 0.6 is 0 Å². The highest BCUT2D eigenvalue weighted by molar-refractivity contribution is 6.24. The average Bonchev–Trinajstić information content (AvgIpc) is 3.11. The van der Waals surface area contributed by atoms with Crippen molar-refractivity contribution in [2.45, 2.75) is 26.8 Å². The van der Waals surface area contributed by atoms with Crippen molar-refractivity contribution < 1.29 is 0 Å². The van der Waals surface area contributed by atoms with Gasteiger partial charge in [0.15, 0.2) is 0 Å². The molecule has 0 amide bonds. The molecule has 0 heterocycles. The maximum absolute atomic E-state index is 2.55. The maximum atomic E-state index is 2.55.